The lowest BCUT2D eigenvalue weighted by atomic mass is 9.99. The van der Waals surface area contributed by atoms with E-state index in [1.54, 1.807) is 55.7 Å². The number of hydrogen-bond donors (Lipinski definition) is 1. The molecule has 1 aliphatic heterocycles. The van der Waals surface area contributed by atoms with E-state index in [2.05, 4.69) is 4.98 Å². The fourth-order valence-corrected chi connectivity index (χ4v) is 3.47. The van der Waals surface area contributed by atoms with Crippen molar-refractivity contribution in [2.24, 2.45) is 5.73 Å². The van der Waals surface area contributed by atoms with Crippen molar-refractivity contribution in [1.29, 1.82) is 0 Å². The molecular formula is C23H19FN2O4. The van der Waals surface area contributed by atoms with Crippen LogP contribution in [0.4, 0.5) is 4.39 Å². The van der Waals surface area contributed by atoms with Crippen LogP contribution < -0.4 is 15.2 Å². The molecule has 1 aromatic heterocycles. The fourth-order valence-electron chi connectivity index (χ4n) is 3.47. The molecule has 2 heterocycles. The predicted octanol–water partition coefficient (Wildman–Crippen LogP) is 3.76. The molecule has 30 heavy (non-hydrogen) atoms. The van der Waals surface area contributed by atoms with E-state index in [9.17, 15) is 14.0 Å². The molecule has 2 N–H and O–H groups in total. The number of nitrogens with two attached hydrogens (primary N) is 1. The molecule has 1 aliphatic rings. The van der Waals surface area contributed by atoms with Crippen LogP contribution in [0.1, 0.15) is 49.9 Å². The molecule has 0 saturated carbocycles. The maximum Gasteiger partial charge on any atom is 0.248 e. The van der Waals surface area contributed by atoms with Crippen LogP contribution in [-0.2, 0) is 0 Å². The Bertz CT molecular complexity index is 1110. The zero-order valence-corrected chi connectivity index (χ0v) is 16.2. The van der Waals surface area contributed by atoms with Gasteiger partial charge < -0.3 is 15.2 Å². The van der Waals surface area contributed by atoms with Gasteiger partial charge in [0.05, 0.1) is 12.2 Å². The Morgan fingerprint density at radius 3 is 2.50 bits per heavy atom. The van der Waals surface area contributed by atoms with Crippen LogP contribution in [0.25, 0.3) is 0 Å². The SMILES string of the molecule is Cc1c(OC(c2ccncc2)c2ccc(C(N)=O)cc2)c(F)cc2c1OCCC2=O. The quantitative estimate of drug-likeness (QED) is 0.697. The molecule has 1 amide bonds. The Balaban J connectivity index is 1.78. The first-order chi connectivity index (χ1) is 14.5. The minimum absolute atomic E-state index is 0.00393. The number of nitrogens with zero attached hydrogens (tertiary/aromatic N) is 1. The molecule has 0 saturated heterocycles. The molecule has 2 aromatic carbocycles. The summed E-state index contributed by atoms with van der Waals surface area (Å²) in [5.41, 5.74) is 7.77. The average molecular weight is 406 g/mol. The average Bonchev–Trinajstić information content (AvgIpc) is 2.75. The number of aromatic nitrogens is 1. The molecule has 6 nitrogen and oxygen atoms in total. The third kappa shape index (κ3) is 3.61. The Labute approximate surface area is 172 Å². The summed E-state index contributed by atoms with van der Waals surface area (Å²) in [5, 5.41) is 0. The van der Waals surface area contributed by atoms with Crippen molar-refractivity contribution < 1.29 is 23.5 Å². The summed E-state index contributed by atoms with van der Waals surface area (Å²) in [6.07, 6.45) is 2.76. The number of pyridine rings is 1. The van der Waals surface area contributed by atoms with Crippen LogP contribution in [0.3, 0.4) is 0 Å². The zero-order chi connectivity index (χ0) is 21.3. The van der Waals surface area contributed by atoms with Crippen molar-refractivity contribution >= 4 is 11.7 Å². The number of ketones is 1. The zero-order valence-electron chi connectivity index (χ0n) is 16.2. The number of carbonyl (C=O) groups excluding carboxylic acids is 2. The molecule has 0 radical (unpaired) electrons. The van der Waals surface area contributed by atoms with Crippen molar-refractivity contribution in [3.8, 4) is 11.5 Å². The van der Waals surface area contributed by atoms with Crippen LogP contribution in [0.15, 0.2) is 54.9 Å². The molecular weight excluding hydrogens is 387 g/mol. The van der Waals surface area contributed by atoms with E-state index in [1.165, 1.54) is 6.07 Å². The first kappa shape index (κ1) is 19.6. The highest BCUT2D eigenvalue weighted by molar-refractivity contribution is 6.00. The number of halogens is 1. The second-order valence-corrected chi connectivity index (χ2v) is 6.98. The fraction of sp³-hybridized carbons (Fsp3) is 0.174. The molecule has 3 aromatic rings. The lowest BCUT2D eigenvalue weighted by molar-refractivity contribution is 0.0930. The van der Waals surface area contributed by atoms with E-state index in [0.717, 1.165) is 5.56 Å². The van der Waals surface area contributed by atoms with Gasteiger partial charge in [-0.25, -0.2) is 4.39 Å². The largest absolute Gasteiger partial charge is 0.492 e. The minimum atomic E-state index is -0.680. The predicted molar refractivity (Wildman–Crippen MR) is 107 cm³/mol. The summed E-state index contributed by atoms with van der Waals surface area (Å²) in [4.78, 5) is 27.5. The molecule has 0 aliphatic carbocycles. The van der Waals surface area contributed by atoms with Crippen LogP contribution >= 0.6 is 0 Å². The molecule has 0 fully saturated rings. The van der Waals surface area contributed by atoms with Gasteiger partial charge in [0.15, 0.2) is 17.3 Å². The topological polar surface area (TPSA) is 91.5 Å². The number of rotatable bonds is 5. The van der Waals surface area contributed by atoms with Gasteiger partial charge in [0.1, 0.15) is 11.9 Å². The molecule has 0 bridgehead atoms. The Hall–Kier alpha value is -3.74. The van der Waals surface area contributed by atoms with E-state index in [0.29, 0.717) is 22.4 Å². The third-order valence-corrected chi connectivity index (χ3v) is 5.03. The van der Waals surface area contributed by atoms with Gasteiger partial charge in [-0.3, -0.25) is 14.6 Å². The van der Waals surface area contributed by atoms with Crippen LogP contribution in [0, 0.1) is 12.7 Å². The van der Waals surface area contributed by atoms with Crippen molar-refractivity contribution in [3.63, 3.8) is 0 Å². The van der Waals surface area contributed by atoms with Gasteiger partial charge in [0, 0.05) is 29.9 Å². The molecule has 1 unspecified atom stereocenters. The Morgan fingerprint density at radius 1 is 1.17 bits per heavy atom. The minimum Gasteiger partial charge on any atom is -0.492 e. The Morgan fingerprint density at radius 2 is 1.83 bits per heavy atom. The van der Waals surface area contributed by atoms with Crippen molar-refractivity contribution in [2.75, 3.05) is 6.61 Å². The maximum absolute atomic E-state index is 15.0. The number of ether oxygens (including phenoxy) is 2. The van der Waals surface area contributed by atoms with Gasteiger partial charge in [0.25, 0.3) is 0 Å². The second kappa shape index (κ2) is 7.94. The van der Waals surface area contributed by atoms with Crippen LogP contribution in [0.5, 0.6) is 11.5 Å². The highest BCUT2D eigenvalue weighted by atomic mass is 19.1. The van der Waals surface area contributed by atoms with E-state index < -0.39 is 17.8 Å². The van der Waals surface area contributed by atoms with E-state index in [-0.39, 0.29) is 30.1 Å². The highest BCUT2D eigenvalue weighted by Crippen LogP contribution is 2.40. The summed E-state index contributed by atoms with van der Waals surface area (Å²) < 4.78 is 26.7. The monoisotopic (exact) mass is 406 g/mol. The van der Waals surface area contributed by atoms with Gasteiger partial charge in [-0.2, -0.15) is 0 Å². The first-order valence-corrected chi connectivity index (χ1v) is 9.41. The molecule has 1 atom stereocenters. The second-order valence-electron chi connectivity index (χ2n) is 6.98. The van der Waals surface area contributed by atoms with Gasteiger partial charge in [-0.15, -0.1) is 0 Å². The van der Waals surface area contributed by atoms with Gasteiger partial charge >= 0.3 is 0 Å². The number of benzene rings is 2. The lowest BCUT2D eigenvalue weighted by Gasteiger charge is -2.25. The molecule has 4 rings (SSSR count). The smallest absolute Gasteiger partial charge is 0.248 e. The van der Waals surface area contributed by atoms with Gasteiger partial charge in [-0.05, 0) is 48.4 Å². The normalized spacial score (nSPS) is 13.9. The Kier molecular flexibility index (Phi) is 5.18. The summed E-state index contributed by atoms with van der Waals surface area (Å²) in [7, 11) is 0. The maximum atomic E-state index is 15.0. The molecule has 0 spiro atoms. The van der Waals surface area contributed by atoms with Crippen molar-refractivity contribution in [2.45, 2.75) is 19.4 Å². The van der Waals surface area contributed by atoms with E-state index in [1.807, 2.05) is 0 Å². The number of primary amides is 1. The van der Waals surface area contributed by atoms with Crippen molar-refractivity contribution in [3.05, 3.63) is 88.5 Å². The molecule has 152 valence electrons. The number of Topliss-reactive ketones (excluding diaryl/α,β-unsaturated/α-hetero) is 1. The number of carbonyl (C=O) groups is 2. The summed E-state index contributed by atoms with van der Waals surface area (Å²) in [5.74, 6) is -0.985. The third-order valence-electron chi connectivity index (χ3n) is 5.03. The van der Waals surface area contributed by atoms with E-state index in [4.69, 9.17) is 15.2 Å². The number of hydrogen-bond acceptors (Lipinski definition) is 5. The number of fused-ring (bicyclic) bond motifs is 1. The van der Waals surface area contributed by atoms with Gasteiger partial charge in [-0.1, -0.05) is 12.1 Å². The summed E-state index contributed by atoms with van der Waals surface area (Å²) >= 11 is 0. The summed E-state index contributed by atoms with van der Waals surface area (Å²) in [6, 6.07) is 11.3. The number of amides is 1. The first-order valence-electron chi connectivity index (χ1n) is 9.41. The van der Waals surface area contributed by atoms with Gasteiger partial charge in [0.2, 0.25) is 5.91 Å². The van der Waals surface area contributed by atoms with Crippen molar-refractivity contribution in [1.82, 2.24) is 4.98 Å². The molecule has 7 heteroatoms. The highest BCUT2D eigenvalue weighted by Gasteiger charge is 2.27. The summed E-state index contributed by atoms with van der Waals surface area (Å²) in [6.45, 7) is 1.91. The van der Waals surface area contributed by atoms with Crippen LogP contribution in [-0.4, -0.2) is 23.3 Å². The lowest BCUT2D eigenvalue weighted by Crippen LogP contribution is -2.18. The van der Waals surface area contributed by atoms with E-state index >= 15 is 0 Å². The standard InChI is InChI=1S/C23H19FN2O4/c1-13-20-17(19(27)8-11-29-20)12-18(24)21(13)30-22(15-6-9-26-10-7-15)14-2-4-16(5-3-14)23(25)28/h2-7,9-10,12,22H,8,11H2,1H3,(H2,25,28). The van der Waals surface area contributed by atoms with Crippen LogP contribution in [0.2, 0.25) is 0 Å².